The van der Waals surface area contributed by atoms with E-state index < -0.39 is 9.05 Å². The maximum atomic E-state index is 10.5. The number of aryl methyl sites for hydroxylation is 1. The van der Waals surface area contributed by atoms with E-state index in [1.54, 1.807) is 12.4 Å². The Kier molecular flexibility index (Phi) is 3.11. The van der Waals surface area contributed by atoms with Crippen LogP contribution < -0.4 is 0 Å². The van der Waals surface area contributed by atoms with Gasteiger partial charge in [0.25, 0.3) is 0 Å². The first-order valence-corrected chi connectivity index (χ1v) is 5.96. The van der Waals surface area contributed by atoms with Crippen LogP contribution >= 0.6 is 10.7 Å². The Hall–Kier alpha value is -0.550. The summed E-state index contributed by atoms with van der Waals surface area (Å²) in [6.07, 6.45) is 4.62. The molecule has 0 atom stereocenters. The smallest absolute Gasteiger partial charge is 0.232 e. The topological polar surface area (TPSA) is 62.8 Å². The van der Waals surface area contributed by atoms with Gasteiger partial charge in [0.2, 0.25) is 9.05 Å². The average molecular weight is 209 g/mol. The van der Waals surface area contributed by atoms with Gasteiger partial charge in [0.1, 0.15) is 0 Å². The highest BCUT2D eigenvalue weighted by atomic mass is 35.7. The van der Waals surface area contributed by atoms with Crippen LogP contribution in [0, 0.1) is 0 Å². The first-order chi connectivity index (χ1) is 5.58. The molecule has 0 aliphatic carbocycles. The number of H-pyrrole nitrogens is 1. The van der Waals surface area contributed by atoms with Gasteiger partial charge in [-0.05, 0) is 18.4 Å². The minimum atomic E-state index is -3.34. The normalized spacial score (nSPS) is 11.8. The van der Waals surface area contributed by atoms with Crippen LogP contribution in [-0.2, 0) is 15.5 Å². The van der Waals surface area contributed by atoms with Crippen molar-refractivity contribution < 1.29 is 8.42 Å². The summed E-state index contributed by atoms with van der Waals surface area (Å²) in [5, 5.41) is 6.37. The van der Waals surface area contributed by atoms with Crippen LogP contribution in [0.4, 0.5) is 0 Å². The molecule has 1 rings (SSSR count). The van der Waals surface area contributed by atoms with Gasteiger partial charge in [0.05, 0.1) is 11.9 Å². The SMILES string of the molecule is O=S(=O)(Cl)CCCc1cn[nH]c1. The third-order valence-electron chi connectivity index (χ3n) is 1.41. The summed E-state index contributed by atoms with van der Waals surface area (Å²) in [6.45, 7) is 0. The van der Waals surface area contributed by atoms with Crippen molar-refractivity contribution in [1.82, 2.24) is 10.2 Å². The van der Waals surface area contributed by atoms with E-state index in [0.717, 1.165) is 5.56 Å². The van der Waals surface area contributed by atoms with E-state index in [2.05, 4.69) is 10.2 Å². The van der Waals surface area contributed by atoms with Crippen LogP contribution in [0.25, 0.3) is 0 Å². The molecule has 6 heteroatoms. The molecule has 0 saturated heterocycles. The standard InChI is InChI=1S/C6H9ClN2O2S/c7-12(10,11)3-1-2-6-4-8-9-5-6/h4-5H,1-3H2,(H,8,9). The van der Waals surface area contributed by atoms with Gasteiger partial charge in [-0.3, -0.25) is 5.10 Å². The molecule has 0 aliphatic rings. The summed E-state index contributed by atoms with van der Waals surface area (Å²) in [6, 6.07) is 0. The summed E-state index contributed by atoms with van der Waals surface area (Å²) in [5.74, 6) is 0.0136. The molecule has 0 aliphatic heterocycles. The number of nitrogens with zero attached hydrogens (tertiary/aromatic N) is 1. The van der Waals surface area contributed by atoms with E-state index in [1.807, 2.05) is 0 Å². The van der Waals surface area contributed by atoms with E-state index in [1.165, 1.54) is 0 Å². The summed E-state index contributed by atoms with van der Waals surface area (Å²) in [5.41, 5.74) is 0.996. The molecule has 0 radical (unpaired) electrons. The van der Waals surface area contributed by atoms with Crippen molar-refractivity contribution in [1.29, 1.82) is 0 Å². The third-order valence-corrected chi connectivity index (χ3v) is 2.65. The maximum Gasteiger partial charge on any atom is 0.232 e. The molecule has 0 unspecified atom stereocenters. The van der Waals surface area contributed by atoms with Crippen LogP contribution in [0.5, 0.6) is 0 Å². The van der Waals surface area contributed by atoms with Gasteiger partial charge < -0.3 is 0 Å². The molecule has 0 spiro atoms. The number of nitrogens with one attached hydrogen (secondary N) is 1. The minimum Gasteiger partial charge on any atom is -0.285 e. The van der Waals surface area contributed by atoms with Crippen molar-refractivity contribution in [2.45, 2.75) is 12.8 Å². The van der Waals surface area contributed by atoms with Crippen molar-refractivity contribution >= 4 is 19.7 Å². The largest absolute Gasteiger partial charge is 0.285 e. The van der Waals surface area contributed by atoms with E-state index in [-0.39, 0.29) is 5.75 Å². The van der Waals surface area contributed by atoms with Gasteiger partial charge in [-0.2, -0.15) is 5.10 Å². The zero-order chi connectivity index (χ0) is 9.03. The molecular weight excluding hydrogens is 200 g/mol. The lowest BCUT2D eigenvalue weighted by Gasteiger charge is -1.93. The van der Waals surface area contributed by atoms with E-state index in [0.29, 0.717) is 12.8 Å². The lowest BCUT2D eigenvalue weighted by Crippen LogP contribution is -1.98. The molecule has 1 aromatic heterocycles. The first-order valence-electron chi connectivity index (χ1n) is 3.48. The van der Waals surface area contributed by atoms with Crippen LogP contribution in [0.1, 0.15) is 12.0 Å². The summed E-state index contributed by atoms with van der Waals surface area (Å²) in [7, 11) is 1.69. The molecule has 68 valence electrons. The second-order valence-electron chi connectivity index (χ2n) is 2.45. The van der Waals surface area contributed by atoms with Gasteiger partial charge >= 0.3 is 0 Å². The summed E-state index contributed by atoms with van der Waals surface area (Å²) in [4.78, 5) is 0. The zero-order valence-corrected chi connectivity index (χ0v) is 7.90. The average Bonchev–Trinajstić information content (AvgIpc) is 2.36. The van der Waals surface area contributed by atoms with E-state index in [9.17, 15) is 8.42 Å². The van der Waals surface area contributed by atoms with E-state index >= 15 is 0 Å². The Balaban J connectivity index is 2.29. The Morgan fingerprint density at radius 3 is 2.83 bits per heavy atom. The van der Waals surface area contributed by atoms with Gasteiger partial charge in [0, 0.05) is 16.9 Å². The van der Waals surface area contributed by atoms with Gasteiger partial charge in [-0.1, -0.05) is 0 Å². The highest BCUT2D eigenvalue weighted by molar-refractivity contribution is 8.13. The maximum absolute atomic E-state index is 10.5. The number of rotatable bonds is 4. The zero-order valence-electron chi connectivity index (χ0n) is 6.33. The number of halogens is 1. The predicted molar refractivity (Wildman–Crippen MR) is 46.5 cm³/mol. The fraction of sp³-hybridized carbons (Fsp3) is 0.500. The molecular formula is C6H9ClN2O2S. The van der Waals surface area contributed by atoms with Crippen molar-refractivity contribution in [3.05, 3.63) is 18.0 Å². The first kappa shape index (κ1) is 9.54. The number of hydrogen-bond donors (Lipinski definition) is 1. The van der Waals surface area contributed by atoms with Crippen LogP contribution in [0.3, 0.4) is 0 Å². The minimum absolute atomic E-state index is 0.0136. The monoisotopic (exact) mass is 208 g/mol. The van der Waals surface area contributed by atoms with Crippen LogP contribution in [-0.4, -0.2) is 24.4 Å². The van der Waals surface area contributed by atoms with Gasteiger partial charge in [-0.15, -0.1) is 0 Å². The molecule has 0 amide bonds. The second kappa shape index (κ2) is 3.91. The number of hydrogen-bond acceptors (Lipinski definition) is 3. The van der Waals surface area contributed by atoms with E-state index in [4.69, 9.17) is 10.7 Å². The lowest BCUT2D eigenvalue weighted by atomic mass is 10.2. The molecule has 1 N–H and O–H groups in total. The third kappa shape index (κ3) is 3.73. The molecule has 1 heterocycles. The fourth-order valence-electron chi connectivity index (χ4n) is 0.863. The predicted octanol–water partition coefficient (Wildman–Crippen LogP) is 0.911. The van der Waals surface area contributed by atoms with Crippen LogP contribution in [0.2, 0.25) is 0 Å². The quantitative estimate of drug-likeness (QED) is 0.749. The Bertz CT molecular complexity index is 319. The number of aromatic amines is 1. The van der Waals surface area contributed by atoms with Crippen molar-refractivity contribution in [2.24, 2.45) is 0 Å². The number of aromatic nitrogens is 2. The Morgan fingerprint density at radius 1 is 1.58 bits per heavy atom. The van der Waals surface area contributed by atoms with Crippen molar-refractivity contribution in [2.75, 3.05) is 5.75 Å². The van der Waals surface area contributed by atoms with Crippen molar-refractivity contribution in [3.63, 3.8) is 0 Å². The van der Waals surface area contributed by atoms with Gasteiger partial charge in [-0.25, -0.2) is 8.42 Å². The summed E-state index contributed by atoms with van der Waals surface area (Å²) >= 11 is 0. The molecule has 0 aromatic carbocycles. The van der Waals surface area contributed by atoms with Gasteiger partial charge in [0.15, 0.2) is 0 Å². The molecule has 0 saturated carbocycles. The molecule has 12 heavy (non-hydrogen) atoms. The Morgan fingerprint density at radius 2 is 2.33 bits per heavy atom. The highest BCUT2D eigenvalue weighted by Crippen LogP contribution is 2.04. The Labute approximate surface area is 75.4 Å². The molecule has 4 nitrogen and oxygen atoms in total. The molecule has 1 aromatic rings. The molecule has 0 fully saturated rings. The highest BCUT2D eigenvalue weighted by Gasteiger charge is 2.04. The lowest BCUT2D eigenvalue weighted by molar-refractivity contribution is 0.607. The van der Waals surface area contributed by atoms with Crippen LogP contribution in [0.15, 0.2) is 12.4 Å². The van der Waals surface area contributed by atoms with Crippen molar-refractivity contribution in [3.8, 4) is 0 Å². The summed E-state index contributed by atoms with van der Waals surface area (Å²) < 4.78 is 21.0. The fourth-order valence-corrected chi connectivity index (χ4v) is 1.68. The molecule has 0 bridgehead atoms. The second-order valence-corrected chi connectivity index (χ2v) is 5.35.